The van der Waals surface area contributed by atoms with E-state index in [1.807, 2.05) is 22.9 Å². The smallest absolute Gasteiger partial charge is 0.215 e. The maximum Gasteiger partial charge on any atom is 0.215 e. The van der Waals surface area contributed by atoms with Gasteiger partial charge in [0.2, 0.25) is 5.79 Å². The number of hydrogen-bond donors (Lipinski definition) is 0. The molecule has 2 heterocycles. The second-order valence-corrected chi connectivity index (χ2v) is 8.60. The van der Waals surface area contributed by atoms with Gasteiger partial charge in [0.25, 0.3) is 0 Å². The van der Waals surface area contributed by atoms with Gasteiger partial charge in [-0.1, -0.05) is 58.5 Å². The summed E-state index contributed by atoms with van der Waals surface area (Å²) in [5.41, 5.74) is 1.55. The molecule has 0 bridgehead atoms. The third kappa shape index (κ3) is 4.94. The SMILES string of the molecule is Clc1ccc(COCC2COC(Cn3ccnc3)(c3ccc(Cl)cc3Cl)O2)c(Cl)c1. The second-order valence-electron chi connectivity index (χ2n) is 6.91. The average molecular weight is 488 g/mol. The van der Waals surface area contributed by atoms with Crippen LogP contribution in [0.5, 0.6) is 0 Å². The zero-order chi connectivity index (χ0) is 21.1. The summed E-state index contributed by atoms with van der Waals surface area (Å²) in [6, 6.07) is 10.6. The molecule has 0 N–H and O–H groups in total. The molecular formula is C21H18Cl4N2O3. The van der Waals surface area contributed by atoms with Crippen molar-refractivity contribution in [1.82, 2.24) is 9.55 Å². The van der Waals surface area contributed by atoms with E-state index in [-0.39, 0.29) is 6.10 Å². The van der Waals surface area contributed by atoms with Gasteiger partial charge in [-0.15, -0.1) is 0 Å². The minimum Gasteiger partial charge on any atom is -0.374 e. The van der Waals surface area contributed by atoms with Gasteiger partial charge in [0.15, 0.2) is 0 Å². The maximum absolute atomic E-state index is 6.48. The Morgan fingerprint density at radius 2 is 1.83 bits per heavy atom. The molecule has 4 rings (SSSR count). The van der Waals surface area contributed by atoms with E-state index in [1.54, 1.807) is 36.8 Å². The fourth-order valence-corrected chi connectivity index (χ4v) is 4.33. The van der Waals surface area contributed by atoms with E-state index >= 15 is 0 Å². The quantitative estimate of drug-likeness (QED) is 0.411. The van der Waals surface area contributed by atoms with Crippen LogP contribution in [0.4, 0.5) is 0 Å². The summed E-state index contributed by atoms with van der Waals surface area (Å²) in [7, 11) is 0. The van der Waals surface area contributed by atoms with Crippen molar-refractivity contribution in [2.45, 2.75) is 25.0 Å². The summed E-state index contributed by atoms with van der Waals surface area (Å²) in [4.78, 5) is 4.09. The first kappa shape index (κ1) is 21.9. The summed E-state index contributed by atoms with van der Waals surface area (Å²) in [5.74, 6) is -1.08. The molecular weight excluding hydrogens is 470 g/mol. The van der Waals surface area contributed by atoms with E-state index in [0.29, 0.717) is 52.0 Å². The highest BCUT2D eigenvalue weighted by Crippen LogP contribution is 2.40. The van der Waals surface area contributed by atoms with Crippen molar-refractivity contribution < 1.29 is 14.2 Å². The summed E-state index contributed by atoms with van der Waals surface area (Å²) in [6.45, 7) is 1.40. The predicted molar refractivity (Wildman–Crippen MR) is 117 cm³/mol. The van der Waals surface area contributed by atoms with Gasteiger partial charge in [0.1, 0.15) is 6.10 Å². The molecule has 0 saturated carbocycles. The zero-order valence-electron chi connectivity index (χ0n) is 15.7. The molecule has 2 atom stereocenters. The molecule has 1 aliphatic rings. The number of halogens is 4. The van der Waals surface area contributed by atoms with Crippen molar-refractivity contribution in [3.63, 3.8) is 0 Å². The molecule has 0 radical (unpaired) electrons. The minimum atomic E-state index is -1.08. The Labute approximate surface area is 194 Å². The van der Waals surface area contributed by atoms with Gasteiger partial charge in [-0.3, -0.25) is 0 Å². The molecule has 9 heteroatoms. The standard InChI is InChI=1S/C21H18Cl4N2O3/c22-15-2-1-14(19(24)7-15)9-28-10-17-11-29-21(30-17,12-27-6-5-26-13-27)18-4-3-16(23)8-20(18)25/h1-8,13,17H,9-12H2. The van der Waals surface area contributed by atoms with Crippen LogP contribution in [-0.2, 0) is 33.1 Å². The molecule has 1 aromatic heterocycles. The van der Waals surface area contributed by atoms with E-state index in [0.717, 1.165) is 5.56 Å². The lowest BCUT2D eigenvalue weighted by molar-refractivity contribution is -0.191. The number of hydrogen-bond acceptors (Lipinski definition) is 4. The van der Waals surface area contributed by atoms with Gasteiger partial charge < -0.3 is 18.8 Å². The van der Waals surface area contributed by atoms with Crippen LogP contribution >= 0.6 is 46.4 Å². The van der Waals surface area contributed by atoms with Crippen molar-refractivity contribution >= 4 is 46.4 Å². The zero-order valence-corrected chi connectivity index (χ0v) is 18.8. The first-order valence-corrected chi connectivity index (χ1v) is 10.7. The molecule has 158 valence electrons. The Morgan fingerprint density at radius 3 is 2.53 bits per heavy atom. The van der Waals surface area contributed by atoms with E-state index in [1.165, 1.54) is 0 Å². The number of ether oxygens (including phenoxy) is 3. The molecule has 0 spiro atoms. The Balaban J connectivity index is 1.47. The number of nitrogens with zero attached hydrogens (tertiary/aromatic N) is 2. The van der Waals surface area contributed by atoms with Crippen LogP contribution in [0.3, 0.4) is 0 Å². The molecule has 0 aliphatic carbocycles. The monoisotopic (exact) mass is 486 g/mol. The molecule has 30 heavy (non-hydrogen) atoms. The van der Waals surface area contributed by atoms with Crippen molar-refractivity contribution in [2.24, 2.45) is 0 Å². The average Bonchev–Trinajstić information content (AvgIpc) is 3.34. The summed E-state index contributed by atoms with van der Waals surface area (Å²) in [6.07, 6.45) is 4.95. The number of rotatable bonds is 7. The van der Waals surface area contributed by atoms with Crippen molar-refractivity contribution in [3.05, 3.63) is 86.3 Å². The van der Waals surface area contributed by atoms with Crippen molar-refractivity contribution in [1.29, 1.82) is 0 Å². The molecule has 5 nitrogen and oxygen atoms in total. The van der Waals surface area contributed by atoms with Crippen LogP contribution in [0.2, 0.25) is 20.1 Å². The number of benzene rings is 2. The fourth-order valence-electron chi connectivity index (χ4n) is 3.31. The first-order valence-electron chi connectivity index (χ1n) is 9.20. The van der Waals surface area contributed by atoms with Crippen LogP contribution in [0.1, 0.15) is 11.1 Å². The molecule has 0 amide bonds. The van der Waals surface area contributed by atoms with Crippen LogP contribution < -0.4 is 0 Å². The number of aromatic nitrogens is 2. The molecule has 3 aromatic rings. The highest BCUT2D eigenvalue weighted by molar-refractivity contribution is 6.35. The molecule has 1 saturated heterocycles. The van der Waals surface area contributed by atoms with Crippen molar-refractivity contribution in [2.75, 3.05) is 13.2 Å². The van der Waals surface area contributed by atoms with E-state index in [4.69, 9.17) is 60.6 Å². The Morgan fingerprint density at radius 1 is 1.07 bits per heavy atom. The lowest BCUT2D eigenvalue weighted by atomic mass is 10.1. The Kier molecular flexibility index (Phi) is 6.90. The third-order valence-electron chi connectivity index (χ3n) is 4.73. The highest BCUT2D eigenvalue weighted by atomic mass is 35.5. The normalized spacial score (nSPS) is 21.3. The molecule has 1 fully saturated rings. The molecule has 1 aliphatic heterocycles. The first-order chi connectivity index (χ1) is 14.4. The topological polar surface area (TPSA) is 45.5 Å². The summed E-state index contributed by atoms with van der Waals surface area (Å²) >= 11 is 24.7. The molecule has 2 unspecified atom stereocenters. The van der Waals surface area contributed by atoms with Crippen LogP contribution in [-0.4, -0.2) is 28.9 Å². The number of imidazole rings is 1. The van der Waals surface area contributed by atoms with Gasteiger partial charge in [-0.2, -0.15) is 0 Å². The Bertz CT molecular complexity index is 1020. The molecule has 2 aromatic carbocycles. The van der Waals surface area contributed by atoms with E-state index in [9.17, 15) is 0 Å². The van der Waals surface area contributed by atoms with E-state index in [2.05, 4.69) is 4.98 Å². The van der Waals surface area contributed by atoms with Gasteiger partial charge in [-0.05, 0) is 29.8 Å². The van der Waals surface area contributed by atoms with Crippen molar-refractivity contribution in [3.8, 4) is 0 Å². The summed E-state index contributed by atoms with van der Waals surface area (Å²) in [5, 5.41) is 2.16. The lowest BCUT2D eigenvalue weighted by Gasteiger charge is -2.30. The largest absolute Gasteiger partial charge is 0.374 e. The van der Waals surface area contributed by atoms with Crippen LogP contribution in [0, 0.1) is 0 Å². The maximum atomic E-state index is 6.48. The third-order valence-corrected chi connectivity index (χ3v) is 5.86. The highest BCUT2D eigenvalue weighted by Gasteiger charge is 2.45. The minimum absolute atomic E-state index is 0.286. The Hall–Kier alpha value is -1.31. The van der Waals surface area contributed by atoms with Crippen LogP contribution in [0.15, 0.2) is 55.1 Å². The summed E-state index contributed by atoms with van der Waals surface area (Å²) < 4.78 is 20.2. The van der Waals surface area contributed by atoms with Gasteiger partial charge in [-0.25, -0.2) is 4.98 Å². The van der Waals surface area contributed by atoms with Gasteiger partial charge in [0, 0.05) is 33.0 Å². The fraction of sp³-hybridized carbons (Fsp3) is 0.286. The lowest BCUT2D eigenvalue weighted by Crippen LogP contribution is -2.34. The van der Waals surface area contributed by atoms with Gasteiger partial charge in [0.05, 0.1) is 37.7 Å². The van der Waals surface area contributed by atoms with Gasteiger partial charge >= 0.3 is 0 Å². The van der Waals surface area contributed by atoms with E-state index < -0.39 is 5.79 Å². The second kappa shape index (κ2) is 9.45. The predicted octanol–water partition coefficient (Wildman–Crippen LogP) is 5.98. The van der Waals surface area contributed by atoms with Crippen LogP contribution in [0.25, 0.3) is 0 Å².